The Balaban J connectivity index is 1.62. The van der Waals surface area contributed by atoms with E-state index in [1.165, 1.54) is 0 Å². The molecule has 4 nitrogen and oxygen atoms in total. The molecule has 126 valence electrons. The van der Waals surface area contributed by atoms with Crippen molar-refractivity contribution in [3.63, 3.8) is 0 Å². The summed E-state index contributed by atoms with van der Waals surface area (Å²) in [6.07, 6.45) is 1.98. The highest BCUT2D eigenvalue weighted by molar-refractivity contribution is 9.10. The molecule has 1 aromatic carbocycles. The van der Waals surface area contributed by atoms with E-state index in [-0.39, 0.29) is 11.9 Å². The minimum Gasteiger partial charge on any atom is -0.345 e. The van der Waals surface area contributed by atoms with Gasteiger partial charge in [-0.25, -0.2) is 4.98 Å². The number of hydrogen-bond donors (Lipinski definition) is 0. The lowest BCUT2D eigenvalue weighted by Gasteiger charge is -2.33. The normalized spacial score (nSPS) is 21.5. The zero-order valence-electron chi connectivity index (χ0n) is 13.4. The number of pyridine rings is 1. The number of benzene rings is 1. The van der Waals surface area contributed by atoms with Crippen molar-refractivity contribution in [3.05, 3.63) is 34.8 Å². The molecule has 1 amide bonds. The Labute approximate surface area is 154 Å². The second-order valence-corrected chi connectivity index (χ2v) is 8.35. The minimum absolute atomic E-state index is 0.0551. The largest absolute Gasteiger partial charge is 0.345 e. The lowest BCUT2D eigenvalue weighted by atomic mass is 10.1. The number of aromatic nitrogens is 1. The summed E-state index contributed by atoms with van der Waals surface area (Å²) in [5, 5.41) is 1.11. The predicted molar refractivity (Wildman–Crippen MR) is 104 cm³/mol. The van der Waals surface area contributed by atoms with Crippen molar-refractivity contribution in [1.29, 1.82) is 0 Å². The number of rotatable bonds is 2. The fraction of sp³-hybridized carbons (Fsp3) is 0.444. The van der Waals surface area contributed by atoms with Gasteiger partial charge in [0.1, 0.15) is 11.9 Å². The fourth-order valence-corrected chi connectivity index (χ4v) is 4.93. The second-order valence-electron chi connectivity index (χ2n) is 6.27. The molecule has 2 aliphatic heterocycles. The molecule has 0 saturated carbocycles. The molecule has 4 rings (SSSR count). The van der Waals surface area contributed by atoms with Crippen molar-refractivity contribution in [2.45, 2.75) is 18.9 Å². The van der Waals surface area contributed by atoms with Crippen molar-refractivity contribution in [1.82, 2.24) is 9.88 Å². The SMILES string of the molecule is O=C(C1CCCN1c1ccc2cccc(Br)c2n1)N1CCSCC1. The first kappa shape index (κ1) is 16.2. The first-order valence-corrected chi connectivity index (χ1v) is 10.4. The molecule has 0 radical (unpaired) electrons. The summed E-state index contributed by atoms with van der Waals surface area (Å²) < 4.78 is 0.997. The van der Waals surface area contributed by atoms with Crippen molar-refractivity contribution in [3.8, 4) is 0 Å². The van der Waals surface area contributed by atoms with Crippen LogP contribution in [0, 0.1) is 0 Å². The summed E-state index contributed by atoms with van der Waals surface area (Å²) in [6.45, 7) is 2.66. The van der Waals surface area contributed by atoms with Gasteiger partial charge in [0.2, 0.25) is 5.91 Å². The van der Waals surface area contributed by atoms with Gasteiger partial charge in [0, 0.05) is 41.0 Å². The lowest BCUT2D eigenvalue weighted by molar-refractivity contribution is -0.132. The summed E-state index contributed by atoms with van der Waals surface area (Å²) in [4.78, 5) is 22.0. The highest BCUT2D eigenvalue weighted by Gasteiger charge is 2.35. The molecular formula is C18H20BrN3OS. The third-order valence-electron chi connectivity index (χ3n) is 4.81. The van der Waals surface area contributed by atoms with E-state index in [0.717, 1.165) is 65.2 Å². The molecule has 3 heterocycles. The number of para-hydroxylation sites is 1. The van der Waals surface area contributed by atoms with Crippen LogP contribution in [0.5, 0.6) is 0 Å². The van der Waals surface area contributed by atoms with Crippen LogP contribution in [-0.2, 0) is 4.79 Å². The Bertz CT molecular complexity index is 763. The van der Waals surface area contributed by atoms with Gasteiger partial charge in [0.15, 0.2) is 0 Å². The van der Waals surface area contributed by atoms with Crippen LogP contribution in [0.4, 0.5) is 5.82 Å². The smallest absolute Gasteiger partial charge is 0.245 e. The van der Waals surface area contributed by atoms with Crippen LogP contribution in [0.25, 0.3) is 10.9 Å². The highest BCUT2D eigenvalue weighted by Crippen LogP contribution is 2.30. The topological polar surface area (TPSA) is 36.4 Å². The van der Waals surface area contributed by atoms with E-state index in [1.807, 2.05) is 34.9 Å². The molecule has 24 heavy (non-hydrogen) atoms. The summed E-state index contributed by atoms with van der Waals surface area (Å²) in [5.41, 5.74) is 0.961. The molecule has 0 spiro atoms. The van der Waals surface area contributed by atoms with Crippen LogP contribution in [0.3, 0.4) is 0 Å². The maximum absolute atomic E-state index is 13.0. The van der Waals surface area contributed by atoms with Gasteiger partial charge in [-0.1, -0.05) is 12.1 Å². The molecule has 1 unspecified atom stereocenters. The molecule has 6 heteroatoms. The number of carbonyl (C=O) groups excluding carboxylic acids is 1. The molecular weight excluding hydrogens is 386 g/mol. The molecule has 2 fully saturated rings. The summed E-state index contributed by atoms with van der Waals surface area (Å²) in [7, 11) is 0. The lowest BCUT2D eigenvalue weighted by Crippen LogP contribution is -2.48. The summed E-state index contributed by atoms with van der Waals surface area (Å²) in [6, 6.07) is 10.2. The zero-order valence-corrected chi connectivity index (χ0v) is 15.9. The second kappa shape index (κ2) is 6.92. The number of fused-ring (bicyclic) bond motifs is 1. The Kier molecular flexibility index (Phi) is 4.68. The maximum Gasteiger partial charge on any atom is 0.245 e. The van der Waals surface area contributed by atoms with E-state index in [9.17, 15) is 4.79 Å². The summed E-state index contributed by atoms with van der Waals surface area (Å²) in [5.74, 6) is 3.30. The van der Waals surface area contributed by atoms with E-state index in [1.54, 1.807) is 0 Å². The molecule has 0 bridgehead atoms. The third-order valence-corrected chi connectivity index (χ3v) is 6.39. The number of halogens is 1. The van der Waals surface area contributed by atoms with Crippen LogP contribution in [-0.4, -0.2) is 53.0 Å². The average molecular weight is 406 g/mol. The van der Waals surface area contributed by atoms with E-state index < -0.39 is 0 Å². The average Bonchev–Trinajstić information content (AvgIpc) is 3.12. The predicted octanol–water partition coefficient (Wildman–Crippen LogP) is 3.54. The standard InChI is InChI=1S/C18H20BrN3OS/c19-14-4-1-3-13-6-7-16(20-17(13)14)22-8-2-5-15(22)18(23)21-9-11-24-12-10-21/h1,3-4,6-7,15H,2,5,8-12H2. The molecule has 1 aromatic heterocycles. The van der Waals surface area contributed by atoms with Gasteiger partial charge in [-0.05, 0) is 47.0 Å². The van der Waals surface area contributed by atoms with E-state index in [0.29, 0.717) is 0 Å². The van der Waals surface area contributed by atoms with Gasteiger partial charge in [-0.2, -0.15) is 11.8 Å². The van der Waals surface area contributed by atoms with E-state index in [4.69, 9.17) is 4.98 Å². The molecule has 1 atom stereocenters. The van der Waals surface area contributed by atoms with Crippen molar-refractivity contribution in [2.75, 3.05) is 36.0 Å². The quantitative estimate of drug-likeness (QED) is 0.765. The third kappa shape index (κ3) is 3.02. The van der Waals surface area contributed by atoms with Gasteiger partial charge >= 0.3 is 0 Å². The van der Waals surface area contributed by atoms with Crippen molar-refractivity contribution in [2.24, 2.45) is 0 Å². The first-order chi connectivity index (χ1) is 11.7. The van der Waals surface area contributed by atoms with Gasteiger partial charge in [-0.3, -0.25) is 4.79 Å². The highest BCUT2D eigenvalue weighted by atomic mass is 79.9. The van der Waals surface area contributed by atoms with Gasteiger partial charge < -0.3 is 9.80 Å². The zero-order chi connectivity index (χ0) is 16.5. The Morgan fingerprint density at radius 3 is 2.83 bits per heavy atom. The van der Waals surface area contributed by atoms with Crippen molar-refractivity contribution < 1.29 is 4.79 Å². The molecule has 0 N–H and O–H groups in total. The summed E-state index contributed by atoms with van der Waals surface area (Å²) >= 11 is 5.52. The van der Waals surface area contributed by atoms with E-state index in [2.05, 4.69) is 33.0 Å². The number of amides is 1. The van der Waals surface area contributed by atoms with Crippen molar-refractivity contribution >= 4 is 50.3 Å². The first-order valence-electron chi connectivity index (χ1n) is 8.42. The molecule has 0 aliphatic carbocycles. The van der Waals surface area contributed by atoms with Crippen LogP contribution in [0.1, 0.15) is 12.8 Å². The van der Waals surface area contributed by atoms with Gasteiger partial charge in [0.05, 0.1) is 5.52 Å². The van der Waals surface area contributed by atoms with Gasteiger partial charge in [0.25, 0.3) is 0 Å². The number of thioether (sulfide) groups is 1. The number of anilines is 1. The fourth-order valence-electron chi connectivity index (χ4n) is 3.55. The minimum atomic E-state index is -0.0551. The molecule has 2 aromatic rings. The van der Waals surface area contributed by atoms with Crippen LogP contribution in [0.2, 0.25) is 0 Å². The molecule has 2 saturated heterocycles. The van der Waals surface area contributed by atoms with Crippen LogP contribution < -0.4 is 4.90 Å². The Hall–Kier alpha value is -1.27. The Morgan fingerprint density at radius 2 is 2.00 bits per heavy atom. The van der Waals surface area contributed by atoms with Crippen LogP contribution in [0.15, 0.2) is 34.8 Å². The van der Waals surface area contributed by atoms with Gasteiger partial charge in [-0.15, -0.1) is 0 Å². The number of carbonyl (C=O) groups is 1. The maximum atomic E-state index is 13.0. The number of nitrogens with zero attached hydrogens (tertiary/aromatic N) is 3. The number of hydrogen-bond acceptors (Lipinski definition) is 4. The molecule has 2 aliphatic rings. The monoisotopic (exact) mass is 405 g/mol. The van der Waals surface area contributed by atoms with E-state index >= 15 is 0 Å². The van der Waals surface area contributed by atoms with Crippen LogP contribution >= 0.6 is 27.7 Å². The Morgan fingerprint density at radius 1 is 1.17 bits per heavy atom.